The summed E-state index contributed by atoms with van der Waals surface area (Å²) in [6.07, 6.45) is 1.81. The SMILES string of the molecule is COc1ccc(CC2(C#N)CCCC2=O)c(F)c1. The number of methoxy groups -OCH3 is 1. The first-order valence-corrected chi connectivity index (χ1v) is 5.88. The van der Waals surface area contributed by atoms with Gasteiger partial charge in [-0.3, -0.25) is 4.79 Å². The number of benzene rings is 1. The number of rotatable bonds is 3. The summed E-state index contributed by atoms with van der Waals surface area (Å²) in [5, 5.41) is 9.22. The lowest BCUT2D eigenvalue weighted by atomic mass is 9.80. The Bertz CT molecular complexity index is 521. The van der Waals surface area contributed by atoms with E-state index in [1.54, 1.807) is 12.1 Å². The van der Waals surface area contributed by atoms with Crippen molar-refractivity contribution in [2.24, 2.45) is 5.41 Å². The standard InChI is InChI=1S/C14H14FNO2/c1-18-11-5-4-10(12(15)7-11)8-14(9-16)6-2-3-13(14)17/h4-5,7H,2-3,6,8H2,1H3. The Kier molecular flexibility index (Phi) is 3.33. The van der Waals surface area contributed by atoms with Gasteiger partial charge in [0.1, 0.15) is 17.0 Å². The van der Waals surface area contributed by atoms with Crippen LogP contribution in [0, 0.1) is 22.6 Å². The van der Waals surface area contributed by atoms with E-state index in [0.29, 0.717) is 30.6 Å². The van der Waals surface area contributed by atoms with Crippen molar-refractivity contribution in [1.82, 2.24) is 0 Å². The molecule has 18 heavy (non-hydrogen) atoms. The maximum atomic E-state index is 13.8. The van der Waals surface area contributed by atoms with Gasteiger partial charge in [-0.2, -0.15) is 5.26 Å². The van der Waals surface area contributed by atoms with Crippen molar-refractivity contribution in [3.05, 3.63) is 29.6 Å². The number of hydrogen-bond acceptors (Lipinski definition) is 3. The first-order valence-electron chi connectivity index (χ1n) is 5.88. The van der Waals surface area contributed by atoms with Gasteiger partial charge < -0.3 is 4.74 Å². The molecule has 94 valence electrons. The van der Waals surface area contributed by atoms with Crippen LogP contribution in [0.4, 0.5) is 4.39 Å². The number of Topliss-reactive ketones (excluding diaryl/α,β-unsaturated/α-hetero) is 1. The number of nitrogens with zero attached hydrogens (tertiary/aromatic N) is 1. The van der Waals surface area contributed by atoms with E-state index >= 15 is 0 Å². The number of carbonyl (C=O) groups excluding carboxylic acids is 1. The zero-order valence-corrected chi connectivity index (χ0v) is 10.2. The fraction of sp³-hybridized carbons (Fsp3) is 0.429. The average Bonchev–Trinajstić information content (AvgIpc) is 2.74. The fourth-order valence-electron chi connectivity index (χ4n) is 2.40. The predicted octanol–water partition coefficient (Wildman–Crippen LogP) is 2.64. The van der Waals surface area contributed by atoms with Crippen LogP contribution in [0.25, 0.3) is 0 Å². The highest BCUT2D eigenvalue weighted by Crippen LogP contribution is 2.38. The quantitative estimate of drug-likeness (QED) is 0.825. The minimum atomic E-state index is -1.03. The van der Waals surface area contributed by atoms with Gasteiger partial charge >= 0.3 is 0 Å². The molecule has 0 heterocycles. The molecule has 1 fully saturated rings. The first-order chi connectivity index (χ1) is 8.61. The molecule has 1 aliphatic rings. The van der Waals surface area contributed by atoms with Crippen molar-refractivity contribution >= 4 is 5.78 Å². The van der Waals surface area contributed by atoms with Crippen LogP contribution in [0.15, 0.2) is 18.2 Å². The van der Waals surface area contributed by atoms with E-state index in [2.05, 4.69) is 6.07 Å². The molecular weight excluding hydrogens is 233 g/mol. The molecule has 0 bridgehead atoms. The van der Waals surface area contributed by atoms with Crippen LogP contribution in [0.2, 0.25) is 0 Å². The molecule has 0 spiro atoms. The van der Waals surface area contributed by atoms with Gasteiger partial charge in [0, 0.05) is 18.9 Å². The van der Waals surface area contributed by atoms with Crippen LogP contribution in [-0.4, -0.2) is 12.9 Å². The van der Waals surface area contributed by atoms with E-state index in [1.165, 1.54) is 13.2 Å². The van der Waals surface area contributed by atoms with E-state index in [0.717, 1.165) is 0 Å². The Morgan fingerprint density at radius 1 is 1.56 bits per heavy atom. The minimum Gasteiger partial charge on any atom is -0.497 e. The molecule has 0 aliphatic heterocycles. The van der Waals surface area contributed by atoms with Gasteiger partial charge in [0.15, 0.2) is 5.78 Å². The molecular formula is C14H14FNO2. The lowest BCUT2D eigenvalue weighted by Crippen LogP contribution is -2.26. The zero-order valence-electron chi connectivity index (χ0n) is 10.2. The van der Waals surface area contributed by atoms with Crippen LogP contribution in [-0.2, 0) is 11.2 Å². The number of ether oxygens (including phenoxy) is 1. The third-order valence-electron chi connectivity index (χ3n) is 3.51. The second kappa shape index (κ2) is 4.77. The Balaban J connectivity index is 2.29. The van der Waals surface area contributed by atoms with Gasteiger partial charge in [-0.05, 0) is 24.5 Å². The van der Waals surface area contributed by atoms with Crippen LogP contribution >= 0.6 is 0 Å². The molecule has 1 atom stereocenters. The molecule has 1 aromatic carbocycles. The molecule has 1 aliphatic carbocycles. The maximum Gasteiger partial charge on any atom is 0.153 e. The smallest absolute Gasteiger partial charge is 0.153 e. The largest absolute Gasteiger partial charge is 0.497 e. The van der Waals surface area contributed by atoms with Gasteiger partial charge in [-0.15, -0.1) is 0 Å². The zero-order chi connectivity index (χ0) is 13.2. The second-order valence-corrected chi connectivity index (χ2v) is 4.60. The Morgan fingerprint density at radius 2 is 2.33 bits per heavy atom. The van der Waals surface area contributed by atoms with Crippen molar-refractivity contribution in [2.45, 2.75) is 25.7 Å². The lowest BCUT2D eigenvalue weighted by Gasteiger charge is -2.19. The summed E-state index contributed by atoms with van der Waals surface area (Å²) in [6, 6.07) is 6.59. The second-order valence-electron chi connectivity index (χ2n) is 4.60. The van der Waals surface area contributed by atoms with E-state index in [1.807, 2.05) is 0 Å². The fourth-order valence-corrected chi connectivity index (χ4v) is 2.40. The third-order valence-corrected chi connectivity index (χ3v) is 3.51. The summed E-state index contributed by atoms with van der Waals surface area (Å²) in [5.41, 5.74) is -0.636. The molecule has 4 heteroatoms. The Labute approximate surface area is 105 Å². The topological polar surface area (TPSA) is 50.1 Å². The van der Waals surface area contributed by atoms with Crippen molar-refractivity contribution in [3.63, 3.8) is 0 Å². The molecule has 2 rings (SSSR count). The highest BCUT2D eigenvalue weighted by atomic mass is 19.1. The molecule has 1 saturated carbocycles. The number of carbonyl (C=O) groups is 1. The van der Waals surface area contributed by atoms with E-state index < -0.39 is 11.2 Å². The van der Waals surface area contributed by atoms with Gasteiger partial charge in [-0.25, -0.2) is 4.39 Å². The van der Waals surface area contributed by atoms with Crippen LogP contribution in [0.1, 0.15) is 24.8 Å². The van der Waals surface area contributed by atoms with Crippen molar-refractivity contribution in [1.29, 1.82) is 5.26 Å². The summed E-state index contributed by atoms with van der Waals surface area (Å²) >= 11 is 0. The molecule has 1 unspecified atom stereocenters. The molecule has 0 aromatic heterocycles. The number of halogens is 1. The van der Waals surface area contributed by atoms with E-state index in [9.17, 15) is 14.4 Å². The number of hydrogen-bond donors (Lipinski definition) is 0. The van der Waals surface area contributed by atoms with Crippen LogP contribution in [0.5, 0.6) is 5.75 Å². The highest BCUT2D eigenvalue weighted by molar-refractivity contribution is 5.89. The van der Waals surface area contributed by atoms with Crippen molar-refractivity contribution in [3.8, 4) is 11.8 Å². The third kappa shape index (κ3) is 2.08. The molecule has 1 aromatic rings. The van der Waals surface area contributed by atoms with Crippen molar-refractivity contribution in [2.75, 3.05) is 7.11 Å². The minimum absolute atomic E-state index is 0.0692. The average molecular weight is 247 g/mol. The molecule has 0 radical (unpaired) electrons. The monoisotopic (exact) mass is 247 g/mol. The summed E-state index contributed by atoms with van der Waals surface area (Å²) in [4.78, 5) is 11.8. The normalized spacial score (nSPS) is 22.8. The molecule has 0 N–H and O–H groups in total. The van der Waals surface area contributed by atoms with Crippen molar-refractivity contribution < 1.29 is 13.9 Å². The van der Waals surface area contributed by atoms with Crippen LogP contribution < -0.4 is 4.74 Å². The Morgan fingerprint density at radius 3 is 2.83 bits per heavy atom. The summed E-state index contributed by atoms with van der Waals surface area (Å²) in [7, 11) is 1.46. The van der Waals surface area contributed by atoms with Gasteiger partial charge in [0.05, 0.1) is 13.2 Å². The van der Waals surface area contributed by atoms with E-state index in [4.69, 9.17) is 4.74 Å². The molecule has 0 amide bonds. The summed E-state index contributed by atoms with van der Waals surface area (Å²) < 4.78 is 18.7. The highest BCUT2D eigenvalue weighted by Gasteiger charge is 2.42. The number of nitriles is 1. The van der Waals surface area contributed by atoms with E-state index in [-0.39, 0.29) is 12.2 Å². The molecule has 3 nitrogen and oxygen atoms in total. The number of ketones is 1. The molecule has 0 saturated heterocycles. The van der Waals surface area contributed by atoms with Gasteiger partial charge in [0.25, 0.3) is 0 Å². The maximum absolute atomic E-state index is 13.8. The predicted molar refractivity (Wildman–Crippen MR) is 63.6 cm³/mol. The summed E-state index contributed by atoms with van der Waals surface area (Å²) in [6.45, 7) is 0. The lowest BCUT2D eigenvalue weighted by molar-refractivity contribution is -0.123. The Hall–Kier alpha value is -1.89. The first kappa shape index (κ1) is 12.6. The van der Waals surface area contributed by atoms with Crippen LogP contribution in [0.3, 0.4) is 0 Å². The van der Waals surface area contributed by atoms with Gasteiger partial charge in [-0.1, -0.05) is 6.07 Å². The van der Waals surface area contributed by atoms with Gasteiger partial charge in [0.2, 0.25) is 0 Å². The summed E-state index contributed by atoms with van der Waals surface area (Å²) in [5.74, 6) is -0.0658.